The molecule has 19 heavy (non-hydrogen) atoms. The minimum atomic E-state index is 0.441. The highest BCUT2D eigenvalue weighted by molar-refractivity contribution is 6.31. The van der Waals surface area contributed by atoms with E-state index < -0.39 is 0 Å². The van der Waals surface area contributed by atoms with Gasteiger partial charge in [-0.1, -0.05) is 29.8 Å². The van der Waals surface area contributed by atoms with Crippen molar-refractivity contribution >= 4 is 11.6 Å². The summed E-state index contributed by atoms with van der Waals surface area (Å²) < 4.78 is 2.06. The Morgan fingerprint density at radius 1 is 1.37 bits per heavy atom. The summed E-state index contributed by atoms with van der Waals surface area (Å²) in [6.07, 6.45) is 6.73. The predicted octanol–water partition coefficient (Wildman–Crippen LogP) is 2.82. The first kappa shape index (κ1) is 14.1. The molecule has 0 amide bonds. The van der Waals surface area contributed by atoms with Gasteiger partial charge in [0.2, 0.25) is 0 Å². The van der Waals surface area contributed by atoms with Crippen molar-refractivity contribution in [3.8, 4) is 0 Å². The van der Waals surface area contributed by atoms with Crippen molar-refractivity contribution in [1.29, 1.82) is 0 Å². The number of benzene rings is 1. The van der Waals surface area contributed by atoms with Crippen molar-refractivity contribution in [2.75, 3.05) is 6.54 Å². The normalized spacial score (nSPS) is 12.6. The first-order chi connectivity index (χ1) is 9.20. The second-order valence-corrected chi connectivity index (χ2v) is 5.30. The standard InChI is InChI=1S/C15H20ClN3/c1-19-9-8-18-15(19)7-6-12(11-17)10-13-4-2-3-5-14(13)16/h2-5,8-9,12H,6-7,10-11,17H2,1H3. The maximum Gasteiger partial charge on any atom is 0.108 e. The van der Waals surface area contributed by atoms with Gasteiger partial charge in [-0.2, -0.15) is 0 Å². The molecule has 0 radical (unpaired) electrons. The molecule has 0 aliphatic rings. The highest BCUT2D eigenvalue weighted by Crippen LogP contribution is 2.20. The molecule has 0 bridgehead atoms. The number of aromatic nitrogens is 2. The first-order valence-electron chi connectivity index (χ1n) is 6.60. The van der Waals surface area contributed by atoms with E-state index in [1.807, 2.05) is 37.6 Å². The van der Waals surface area contributed by atoms with E-state index in [-0.39, 0.29) is 0 Å². The first-order valence-corrected chi connectivity index (χ1v) is 6.98. The fraction of sp³-hybridized carbons (Fsp3) is 0.400. The van der Waals surface area contributed by atoms with Crippen molar-refractivity contribution in [3.05, 3.63) is 53.1 Å². The van der Waals surface area contributed by atoms with Gasteiger partial charge in [0.25, 0.3) is 0 Å². The van der Waals surface area contributed by atoms with Crippen molar-refractivity contribution in [3.63, 3.8) is 0 Å². The molecule has 2 aromatic rings. The van der Waals surface area contributed by atoms with Gasteiger partial charge in [0.15, 0.2) is 0 Å². The predicted molar refractivity (Wildman–Crippen MR) is 79.2 cm³/mol. The van der Waals surface area contributed by atoms with E-state index in [1.165, 1.54) is 5.56 Å². The van der Waals surface area contributed by atoms with Crippen LogP contribution in [-0.4, -0.2) is 16.1 Å². The lowest BCUT2D eigenvalue weighted by Crippen LogP contribution is -2.18. The highest BCUT2D eigenvalue weighted by atomic mass is 35.5. The van der Waals surface area contributed by atoms with Gasteiger partial charge in [-0.25, -0.2) is 4.98 Å². The van der Waals surface area contributed by atoms with Gasteiger partial charge >= 0.3 is 0 Å². The van der Waals surface area contributed by atoms with Crippen molar-refractivity contribution in [1.82, 2.24) is 9.55 Å². The molecule has 0 aliphatic heterocycles. The van der Waals surface area contributed by atoms with Crippen LogP contribution in [0.15, 0.2) is 36.7 Å². The lowest BCUT2D eigenvalue weighted by Gasteiger charge is -2.15. The molecule has 1 aromatic carbocycles. The molecule has 0 aliphatic carbocycles. The zero-order chi connectivity index (χ0) is 13.7. The number of imidazole rings is 1. The number of rotatable bonds is 6. The lowest BCUT2D eigenvalue weighted by molar-refractivity contribution is 0.484. The van der Waals surface area contributed by atoms with Crippen molar-refractivity contribution in [2.45, 2.75) is 19.3 Å². The van der Waals surface area contributed by atoms with E-state index in [0.717, 1.165) is 30.1 Å². The van der Waals surface area contributed by atoms with Gasteiger partial charge in [0.1, 0.15) is 5.82 Å². The van der Waals surface area contributed by atoms with E-state index in [2.05, 4.69) is 15.6 Å². The van der Waals surface area contributed by atoms with Gasteiger partial charge in [-0.3, -0.25) is 0 Å². The van der Waals surface area contributed by atoms with Crippen LogP contribution in [0.1, 0.15) is 17.8 Å². The van der Waals surface area contributed by atoms with Gasteiger partial charge in [0.05, 0.1) is 0 Å². The van der Waals surface area contributed by atoms with Crippen LogP contribution in [0.3, 0.4) is 0 Å². The fourth-order valence-electron chi connectivity index (χ4n) is 2.25. The molecule has 1 aromatic heterocycles. The maximum atomic E-state index is 6.19. The van der Waals surface area contributed by atoms with Crippen LogP contribution < -0.4 is 5.73 Å². The molecular formula is C15H20ClN3. The monoisotopic (exact) mass is 277 g/mol. The van der Waals surface area contributed by atoms with E-state index in [4.69, 9.17) is 17.3 Å². The van der Waals surface area contributed by atoms with Gasteiger partial charge < -0.3 is 10.3 Å². The summed E-state index contributed by atoms with van der Waals surface area (Å²) in [5, 5.41) is 0.831. The molecule has 102 valence electrons. The molecule has 1 atom stereocenters. The van der Waals surface area contributed by atoms with Gasteiger partial charge in [-0.15, -0.1) is 0 Å². The van der Waals surface area contributed by atoms with Crippen molar-refractivity contribution < 1.29 is 0 Å². The molecular weight excluding hydrogens is 258 g/mol. The number of aryl methyl sites for hydroxylation is 2. The molecule has 3 nitrogen and oxygen atoms in total. The average molecular weight is 278 g/mol. The van der Waals surface area contributed by atoms with E-state index in [1.54, 1.807) is 0 Å². The summed E-state index contributed by atoms with van der Waals surface area (Å²) in [4.78, 5) is 4.34. The number of hydrogen-bond acceptors (Lipinski definition) is 2. The summed E-state index contributed by atoms with van der Waals surface area (Å²) in [6, 6.07) is 7.99. The highest BCUT2D eigenvalue weighted by Gasteiger charge is 2.11. The smallest absolute Gasteiger partial charge is 0.108 e. The van der Waals surface area contributed by atoms with Crippen molar-refractivity contribution in [2.24, 2.45) is 18.7 Å². The third kappa shape index (κ3) is 3.82. The van der Waals surface area contributed by atoms with E-state index in [0.29, 0.717) is 12.5 Å². The molecule has 0 spiro atoms. The van der Waals surface area contributed by atoms with Crippen LogP contribution in [0.2, 0.25) is 5.02 Å². The Labute approximate surface area is 119 Å². The number of nitrogens with two attached hydrogens (primary N) is 1. The maximum absolute atomic E-state index is 6.19. The Morgan fingerprint density at radius 3 is 2.79 bits per heavy atom. The molecule has 0 fully saturated rings. The van der Waals surface area contributed by atoms with Crippen LogP contribution in [0.5, 0.6) is 0 Å². The largest absolute Gasteiger partial charge is 0.338 e. The zero-order valence-electron chi connectivity index (χ0n) is 11.2. The fourth-order valence-corrected chi connectivity index (χ4v) is 2.46. The third-order valence-corrected chi connectivity index (χ3v) is 3.87. The molecule has 2 rings (SSSR count). The molecule has 1 unspecified atom stereocenters. The molecule has 0 saturated carbocycles. The minimum absolute atomic E-state index is 0.441. The van der Waals surface area contributed by atoms with Crippen LogP contribution >= 0.6 is 11.6 Å². The molecule has 2 N–H and O–H groups in total. The second kappa shape index (κ2) is 6.73. The third-order valence-electron chi connectivity index (χ3n) is 3.50. The average Bonchev–Trinajstić information content (AvgIpc) is 2.82. The van der Waals surface area contributed by atoms with E-state index in [9.17, 15) is 0 Å². The number of halogens is 1. The Bertz CT molecular complexity index is 522. The SMILES string of the molecule is Cn1ccnc1CCC(CN)Cc1ccccc1Cl. The van der Waals surface area contributed by atoms with E-state index >= 15 is 0 Å². The summed E-state index contributed by atoms with van der Waals surface area (Å²) in [5.41, 5.74) is 7.06. The summed E-state index contributed by atoms with van der Waals surface area (Å²) in [5.74, 6) is 1.55. The summed E-state index contributed by atoms with van der Waals surface area (Å²) in [7, 11) is 2.02. The van der Waals surface area contributed by atoms with Crippen LogP contribution in [0.4, 0.5) is 0 Å². The summed E-state index contributed by atoms with van der Waals surface area (Å²) in [6.45, 7) is 0.676. The Hall–Kier alpha value is -1.32. The van der Waals surface area contributed by atoms with Crippen LogP contribution in [0.25, 0.3) is 0 Å². The number of hydrogen-bond donors (Lipinski definition) is 1. The minimum Gasteiger partial charge on any atom is -0.338 e. The second-order valence-electron chi connectivity index (χ2n) is 4.89. The Kier molecular flexibility index (Phi) is 5.00. The lowest BCUT2D eigenvalue weighted by atomic mass is 9.94. The van der Waals surface area contributed by atoms with Crippen LogP contribution in [-0.2, 0) is 19.9 Å². The number of nitrogens with zero attached hydrogens (tertiary/aromatic N) is 2. The van der Waals surface area contributed by atoms with Gasteiger partial charge in [-0.05, 0) is 36.9 Å². The summed E-state index contributed by atoms with van der Waals surface area (Å²) >= 11 is 6.19. The quantitative estimate of drug-likeness (QED) is 0.882. The van der Waals surface area contributed by atoms with Gasteiger partial charge in [0, 0.05) is 30.9 Å². The van der Waals surface area contributed by atoms with Crippen LogP contribution in [0, 0.1) is 5.92 Å². The molecule has 1 heterocycles. The zero-order valence-corrected chi connectivity index (χ0v) is 12.0. The molecule has 0 saturated heterocycles. The Morgan fingerprint density at radius 2 is 2.16 bits per heavy atom. The topological polar surface area (TPSA) is 43.8 Å². The Balaban J connectivity index is 1.94. The molecule has 4 heteroatoms.